The van der Waals surface area contributed by atoms with Crippen LogP contribution in [0.25, 0.3) is 0 Å². The van der Waals surface area contributed by atoms with Gasteiger partial charge in [-0.1, -0.05) is 11.8 Å². The van der Waals surface area contributed by atoms with Crippen LogP contribution in [0.15, 0.2) is 12.1 Å². The summed E-state index contributed by atoms with van der Waals surface area (Å²) in [5.74, 6) is 3.80. The minimum Gasteiger partial charge on any atom is -0.506 e. The molecule has 9 heteroatoms. The summed E-state index contributed by atoms with van der Waals surface area (Å²) in [6, 6.07) is 2.50. The molecule has 1 atom stereocenters. The van der Waals surface area contributed by atoms with E-state index in [1.54, 1.807) is 4.72 Å². The number of hydrogen-bond donors (Lipinski definition) is 3. The third kappa shape index (κ3) is 2.79. The number of amides is 1. The summed E-state index contributed by atoms with van der Waals surface area (Å²) in [5.41, 5.74) is -0.325. The number of benzene rings is 1. The molecule has 3 N–H and O–H groups in total. The number of carbonyl (C=O) groups excluding carboxylic acids is 1. The molecule has 0 aromatic heterocycles. The fourth-order valence-corrected chi connectivity index (χ4v) is 4.89. The summed E-state index contributed by atoms with van der Waals surface area (Å²) < 4.78 is 41.0. The number of carbonyl (C=O) groups is 1. The molecular formula is C17H18FN3O4S. The number of aromatic hydroxyl groups is 1. The Balaban J connectivity index is 1.64. The van der Waals surface area contributed by atoms with Crippen molar-refractivity contribution < 1.29 is 22.7 Å². The molecule has 1 aromatic carbocycles. The van der Waals surface area contributed by atoms with Crippen molar-refractivity contribution in [3.05, 3.63) is 23.5 Å². The predicted molar refractivity (Wildman–Crippen MR) is 92.0 cm³/mol. The summed E-state index contributed by atoms with van der Waals surface area (Å²) in [6.45, 7) is 1.34. The Morgan fingerprint density at radius 1 is 1.31 bits per heavy atom. The molecule has 1 aliphatic carbocycles. The topological polar surface area (TPSA) is 98.7 Å². The lowest BCUT2D eigenvalue weighted by Crippen LogP contribution is -2.30. The van der Waals surface area contributed by atoms with Gasteiger partial charge in [-0.25, -0.2) is 13.4 Å². The van der Waals surface area contributed by atoms with Gasteiger partial charge >= 0.3 is 10.2 Å². The molecular weight excluding hydrogens is 361 g/mol. The Morgan fingerprint density at radius 3 is 2.69 bits per heavy atom. The fraction of sp³-hybridized carbons (Fsp3) is 0.471. The minimum absolute atomic E-state index is 0.00309. The van der Waals surface area contributed by atoms with E-state index in [9.17, 15) is 22.7 Å². The molecule has 1 saturated carbocycles. The standard InChI is InChI=1S/C17H18FN3O4S/c18-15-11(1-3-12-9-17(12)5-7-19-8-6-17)2-4-13(22)16(15)21-10-14(23)20-26(21,24)25/h2,4,12,19,22H,5-10H2,(H,20,23). The first kappa shape index (κ1) is 17.1. The first-order valence-corrected chi connectivity index (χ1v) is 9.83. The van der Waals surface area contributed by atoms with Crippen LogP contribution in [0.3, 0.4) is 0 Å². The molecule has 0 bridgehead atoms. The Hall–Kier alpha value is -2.31. The van der Waals surface area contributed by atoms with Gasteiger partial charge in [-0.05, 0) is 49.9 Å². The van der Waals surface area contributed by atoms with Crippen LogP contribution in [0.5, 0.6) is 5.75 Å². The molecule has 1 unspecified atom stereocenters. The second-order valence-corrected chi connectivity index (χ2v) is 8.57. The van der Waals surface area contributed by atoms with Crippen LogP contribution in [-0.4, -0.2) is 39.1 Å². The largest absolute Gasteiger partial charge is 0.506 e. The van der Waals surface area contributed by atoms with Gasteiger partial charge in [-0.2, -0.15) is 8.42 Å². The van der Waals surface area contributed by atoms with Gasteiger partial charge < -0.3 is 10.4 Å². The molecule has 2 heterocycles. The van der Waals surface area contributed by atoms with Crippen LogP contribution in [0, 0.1) is 29.0 Å². The van der Waals surface area contributed by atoms with Crippen molar-refractivity contribution in [2.45, 2.75) is 19.3 Å². The van der Waals surface area contributed by atoms with Crippen molar-refractivity contribution in [1.82, 2.24) is 10.0 Å². The van der Waals surface area contributed by atoms with Gasteiger partial charge in [-0.15, -0.1) is 0 Å². The van der Waals surface area contributed by atoms with Crippen LogP contribution in [-0.2, 0) is 15.0 Å². The van der Waals surface area contributed by atoms with E-state index in [1.807, 2.05) is 0 Å². The summed E-state index contributed by atoms with van der Waals surface area (Å²) in [7, 11) is -4.21. The highest BCUT2D eigenvalue weighted by Crippen LogP contribution is 2.58. The highest BCUT2D eigenvalue weighted by Gasteiger charge is 2.53. The normalized spacial score (nSPS) is 25.5. The smallest absolute Gasteiger partial charge is 0.326 e. The molecule has 7 nitrogen and oxygen atoms in total. The van der Waals surface area contributed by atoms with E-state index in [-0.39, 0.29) is 16.9 Å². The number of anilines is 1. The van der Waals surface area contributed by atoms with Gasteiger partial charge in [0.2, 0.25) is 0 Å². The number of halogens is 1. The summed E-state index contributed by atoms with van der Waals surface area (Å²) in [5, 5.41) is 13.3. The van der Waals surface area contributed by atoms with E-state index in [4.69, 9.17) is 0 Å². The van der Waals surface area contributed by atoms with E-state index >= 15 is 0 Å². The Kier molecular flexibility index (Phi) is 3.86. The number of nitrogens with zero attached hydrogens (tertiary/aromatic N) is 1. The van der Waals surface area contributed by atoms with Crippen molar-refractivity contribution in [3.8, 4) is 17.6 Å². The van der Waals surface area contributed by atoms with Gasteiger partial charge in [0.05, 0.1) is 5.56 Å². The maximum Gasteiger partial charge on any atom is 0.326 e. The van der Waals surface area contributed by atoms with Crippen LogP contribution < -0.4 is 14.3 Å². The molecule has 4 rings (SSSR count). The van der Waals surface area contributed by atoms with Crippen molar-refractivity contribution in [1.29, 1.82) is 0 Å². The van der Waals surface area contributed by atoms with Gasteiger partial charge in [0, 0.05) is 5.92 Å². The van der Waals surface area contributed by atoms with Crippen molar-refractivity contribution in [2.24, 2.45) is 11.3 Å². The second-order valence-electron chi connectivity index (χ2n) is 6.97. The number of phenols is 1. The molecule has 3 aliphatic rings. The number of nitrogens with one attached hydrogen (secondary N) is 2. The molecule has 3 fully saturated rings. The number of piperidine rings is 1. The summed E-state index contributed by atoms with van der Waals surface area (Å²) >= 11 is 0. The van der Waals surface area contributed by atoms with Gasteiger partial charge in [0.15, 0.2) is 5.82 Å². The van der Waals surface area contributed by atoms with Crippen molar-refractivity contribution in [2.75, 3.05) is 23.9 Å². The highest BCUT2D eigenvalue weighted by atomic mass is 32.2. The molecule has 2 aliphatic heterocycles. The Bertz CT molecular complexity index is 945. The highest BCUT2D eigenvalue weighted by molar-refractivity contribution is 7.92. The fourth-order valence-electron chi connectivity index (χ4n) is 3.73. The molecule has 1 amide bonds. The second kappa shape index (κ2) is 5.86. The molecule has 1 aromatic rings. The Labute approximate surface area is 150 Å². The third-order valence-corrected chi connectivity index (χ3v) is 6.71. The van der Waals surface area contributed by atoms with Crippen LogP contribution in [0.2, 0.25) is 0 Å². The first-order chi connectivity index (χ1) is 12.3. The predicted octanol–water partition coefficient (Wildman–Crippen LogP) is 0.453. The zero-order chi connectivity index (χ0) is 18.5. The molecule has 1 spiro atoms. The van der Waals surface area contributed by atoms with Crippen molar-refractivity contribution >= 4 is 21.8 Å². The maximum atomic E-state index is 14.8. The maximum absolute atomic E-state index is 14.8. The average molecular weight is 379 g/mol. The monoisotopic (exact) mass is 379 g/mol. The van der Waals surface area contributed by atoms with E-state index in [0.717, 1.165) is 32.4 Å². The molecule has 26 heavy (non-hydrogen) atoms. The van der Waals surface area contributed by atoms with Crippen molar-refractivity contribution in [3.63, 3.8) is 0 Å². The lowest BCUT2D eigenvalue weighted by atomic mass is 9.92. The van der Waals surface area contributed by atoms with E-state index in [1.165, 1.54) is 12.1 Å². The molecule has 2 saturated heterocycles. The quantitative estimate of drug-likeness (QED) is 0.616. The zero-order valence-electron chi connectivity index (χ0n) is 13.9. The van der Waals surface area contributed by atoms with E-state index in [0.29, 0.717) is 4.31 Å². The molecule has 138 valence electrons. The van der Waals surface area contributed by atoms with Gasteiger partial charge in [0.25, 0.3) is 5.91 Å². The number of hydrogen-bond acceptors (Lipinski definition) is 5. The van der Waals surface area contributed by atoms with Crippen LogP contribution in [0.1, 0.15) is 24.8 Å². The third-order valence-electron chi connectivity index (χ3n) is 5.33. The summed E-state index contributed by atoms with van der Waals surface area (Å²) in [4.78, 5) is 11.4. The van der Waals surface area contributed by atoms with Gasteiger partial charge in [0.1, 0.15) is 18.0 Å². The average Bonchev–Trinajstić information content (AvgIpc) is 3.15. The van der Waals surface area contributed by atoms with E-state index in [2.05, 4.69) is 17.2 Å². The zero-order valence-corrected chi connectivity index (χ0v) is 14.7. The number of rotatable bonds is 1. The lowest BCUT2D eigenvalue weighted by Gasteiger charge is -2.22. The number of phenolic OH excluding ortho intramolecular Hbond substituents is 1. The van der Waals surface area contributed by atoms with Gasteiger partial charge in [-0.3, -0.25) is 4.79 Å². The van der Waals surface area contributed by atoms with Crippen LogP contribution in [0.4, 0.5) is 10.1 Å². The van der Waals surface area contributed by atoms with Crippen LogP contribution >= 0.6 is 0 Å². The SMILES string of the molecule is O=C1CN(c2c(O)ccc(C#CC3CC34CCNCC4)c2F)S(=O)(=O)N1. The summed E-state index contributed by atoms with van der Waals surface area (Å²) in [6.07, 6.45) is 3.10. The molecule has 0 radical (unpaired) electrons. The lowest BCUT2D eigenvalue weighted by molar-refractivity contribution is -0.117. The Morgan fingerprint density at radius 2 is 2.04 bits per heavy atom. The first-order valence-electron chi connectivity index (χ1n) is 8.39. The minimum atomic E-state index is -4.21. The van der Waals surface area contributed by atoms with E-state index < -0.39 is 39.9 Å².